The van der Waals surface area contributed by atoms with Gasteiger partial charge in [-0.3, -0.25) is 4.99 Å². The molecule has 3 rings (SSSR count). The lowest BCUT2D eigenvalue weighted by molar-refractivity contribution is 0.273. The van der Waals surface area contributed by atoms with Crippen molar-refractivity contribution in [3.8, 4) is 0 Å². The summed E-state index contributed by atoms with van der Waals surface area (Å²) < 4.78 is 0. The minimum atomic E-state index is 0.403. The van der Waals surface area contributed by atoms with Crippen LogP contribution in [0.3, 0.4) is 0 Å². The predicted molar refractivity (Wildman–Crippen MR) is 89.8 cm³/mol. The number of unbranched alkanes of at least 4 members (excludes halogenated alkanes) is 2. The molecule has 0 saturated carbocycles. The highest BCUT2D eigenvalue weighted by Crippen LogP contribution is 2.35. The molecule has 0 bridgehead atoms. The summed E-state index contributed by atoms with van der Waals surface area (Å²) in [6, 6.07) is 9.29. The van der Waals surface area contributed by atoms with E-state index in [4.69, 9.17) is 4.99 Å². The molecule has 1 aromatic rings. The maximum atomic E-state index is 5.13. The van der Waals surface area contributed by atoms with Gasteiger partial charge < -0.3 is 4.90 Å². The van der Waals surface area contributed by atoms with E-state index >= 15 is 0 Å². The Kier molecular flexibility index (Phi) is 4.62. The van der Waals surface area contributed by atoms with Gasteiger partial charge in [-0.15, -0.1) is 0 Å². The van der Waals surface area contributed by atoms with E-state index in [-0.39, 0.29) is 0 Å². The Morgan fingerprint density at radius 3 is 2.90 bits per heavy atom. The van der Waals surface area contributed by atoms with Crippen molar-refractivity contribution in [2.45, 2.75) is 58.4 Å². The Hall–Kier alpha value is -1.31. The smallest absolute Gasteiger partial charge is 0.131 e. The molecule has 2 unspecified atom stereocenters. The molecule has 2 aliphatic rings. The Bertz CT molecular complexity index is 506. The summed E-state index contributed by atoms with van der Waals surface area (Å²) in [5.74, 6) is 2.08. The van der Waals surface area contributed by atoms with E-state index in [9.17, 15) is 0 Å². The van der Waals surface area contributed by atoms with Crippen LogP contribution in [0.25, 0.3) is 0 Å². The van der Waals surface area contributed by atoms with Crippen LogP contribution in [0.2, 0.25) is 0 Å². The number of fused-ring (bicyclic) bond motifs is 1. The first-order valence-electron chi connectivity index (χ1n) is 8.71. The van der Waals surface area contributed by atoms with Gasteiger partial charge in [0, 0.05) is 18.7 Å². The number of hydrogen-bond donors (Lipinski definition) is 0. The van der Waals surface area contributed by atoms with E-state index < -0.39 is 0 Å². The molecular formula is C19H28N2. The molecule has 2 heterocycles. The lowest BCUT2D eigenvalue weighted by Gasteiger charge is -2.32. The van der Waals surface area contributed by atoms with E-state index in [2.05, 4.69) is 43.0 Å². The zero-order valence-corrected chi connectivity index (χ0v) is 13.5. The highest BCUT2D eigenvalue weighted by atomic mass is 15.2. The van der Waals surface area contributed by atoms with Crippen molar-refractivity contribution in [1.82, 2.24) is 4.90 Å². The molecule has 0 radical (unpaired) electrons. The third-order valence-corrected chi connectivity index (χ3v) is 4.88. The van der Waals surface area contributed by atoms with Gasteiger partial charge in [0.05, 0.1) is 6.04 Å². The molecule has 0 aliphatic carbocycles. The normalized spacial score (nSPS) is 24.9. The largest absolute Gasteiger partial charge is 0.356 e. The summed E-state index contributed by atoms with van der Waals surface area (Å²) in [5, 5.41) is 0. The summed E-state index contributed by atoms with van der Waals surface area (Å²) in [4.78, 5) is 7.66. The summed E-state index contributed by atoms with van der Waals surface area (Å²) in [6.45, 7) is 6.99. The molecule has 2 nitrogen and oxygen atoms in total. The molecule has 2 heteroatoms. The Balaban J connectivity index is 1.80. The van der Waals surface area contributed by atoms with Crippen molar-refractivity contribution in [1.29, 1.82) is 0 Å². The molecule has 21 heavy (non-hydrogen) atoms. The van der Waals surface area contributed by atoms with Gasteiger partial charge in [-0.25, -0.2) is 0 Å². The average Bonchev–Trinajstić information content (AvgIpc) is 2.87. The first-order chi connectivity index (χ1) is 10.3. The number of aliphatic imine (C=N–C) groups is 1. The monoisotopic (exact) mass is 284 g/mol. The second kappa shape index (κ2) is 6.64. The van der Waals surface area contributed by atoms with Crippen LogP contribution in [0.15, 0.2) is 29.3 Å². The number of hydrogen-bond acceptors (Lipinski definition) is 2. The summed E-state index contributed by atoms with van der Waals surface area (Å²) >= 11 is 0. The number of benzene rings is 1. The first-order valence-corrected chi connectivity index (χ1v) is 8.71. The predicted octanol–water partition coefficient (Wildman–Crippen LogP) is 4.80. The van der Waals surface area contributed by atoms with Gasteiger partial charge in [0.25, 0.3) is 0 Å². The van der Waals surface area contributed by atoms with Crippen molar-refractivity contribution in [2.24, 2.45) is 10.9 Å². The van der Waals surface area contributed by atoms with Crippen molar-refractivity contribution < 1.29 is 0 Å². The standard InChI is InChI=1S/C19H28N2/c1-3-4-5-12-18-16-10-6-7-11-17(16)19(20-18)21-13-8-9-15(2)14-21/h6-7,10-11,15,18H,3-5,8-9,12-14H2,1-2H3. The van der Waals surface area contributed by atoms with Crippen molar-refractivity contribution in [3.05, 3.63) is 35.4 Å². The van der Waals surface area contributed by atoms with E-state index in [1.165, 1.54) is 68.6 Å². The molecule has 0 N–H and O–H groups in total. The lowest BCUT2D eigenvalue weighted by Crippen LogP contribution is -2.39. The fourth-order valence-corrected chi connectivity index (χ4v) is 3.72. The third kappa shape index (κ3) is 3.14. The van der Waals surface area contributed by atoms with Crippen molar-refractivity contribution in [2.75, 3.05) is 13.1 Å². The van der Waals surface area contributed by atoms with Gasteiger partial charge in [0.2, 0.25) is 0 Å². The number of nitrogens with zero attached hydrogens (tertiary/aromatic N) is 2. The van der Waals surface area contributed by atoms with E-state index in [0.29, 0.717) is 6.04 Å². The van der Waals surface area contributed by atoms with Gasteiger partial charge in [-0.05, 0) is 30.7 Å². The molecule has 0 amide bonds. The highest BCUT2D eigenvalue weighted by molar-refractivity contribution is 6.02. The quantitative estimate of drug-likeness (QED) is 0.725. The van der Waals surface area contributed by atoms with Crippen LogP contribution in [0.1, 0.15) is 69.5 Å². The fourth-order valence-electron chi connectivity index (χ4n) is 3.72. The zero-order chi connectivity index (χ0) is 14.7. The molecule has 2 atom stereocenters. The fraction of sp³-hybridized carbons (Fsp3) is 0.632. The summed E-state index contributed by atoms with van der Waals surface area (Å²) in [5.41, 5.74) is 2.86. The summed E-state index contributed by atoms with van der Waals surface area (Å²) in [6.07, 6.45) is 7.79. The maximum absolute atomic E-state index is 5.13. The van der Waals surface area contributed by atoms with E-state index in [1.807, 2.05) is 0 Å². The second-order valence-corrected chi connectivity index (χ2v) is 6.74. The SMILES string of the molecule is CCCCCC1N=C(N2CCCC(C)C2)c2ccccc21. The molecule has 1 saturated heterocycles. The molecule has 0 spiro atoms. The zero-order valence-electron chi connectivity index (χ0n) is 13.5. The molecular weight excluding hydrogens is 256 g/mol. The van der Waals surface area contributed by atoms with Gasteiger partial charge in [0.1, 0.15) is 5.84 Å². The van der Waals surface area contributed by atoms with Crippen LogP contribution in [-0.2, 0) is 0 Å². The van der Waals surface area contributed by atoms with Crippen molar-refractivity contribution in [3.63, 3.8) is 0 Å². The van der Waals surface area contributed by atoms with E-state index in [1.54, 1.807) is 0 Å². The minimum Gasteiger partial charge on any atom is -0.356 e. The topological polar surface area (TPSA) is 15.6 Å². The molecule has 1 aromatic carbocycles. The Labute approximate surface area is 129 Å². The van der Waals surface area contributed by atoms with Crippen LogP contribution in [0.4, 0.5) is 0 Å². The van der Waals surface area contributed by atoms with Crippen LogP contribution in [0.5, 0.6) is 0 Å². The van der Waals surface area contributed by atoms with Crippen LogP contribution < -0.4 is 0 Å². The molecule has 0 aromatic heterocycles. The average molecular weight is 284 g/mol. The molecule has 114 valence electrons. The summed E-state index contributed by atoms with van der Waals surface area (Å²) in [7, 11) is 0. The minimum absolute atomic E-state index is 0.403. The third-order valence-electron chi connectivity index (χ3n) is 4.88. The Morgan fingerprint density at radius 1 is 1.24 bits per heavy atom. The molecule has 2 aliphatic heterocycles. The number of likely N-dealkylation sites (tertiary alicyclic amines) is 1. The van der Waals surface area contributed by atoms with Gasteiger partial charge in [-0.1, -0.05) is 57.4 Å². The maximum Gasteiger partial charge on any atom is 0.131 e. The van der Waals surface area contributed by atoms with Crippen LogP contribution >= 0.6 is 0 Å². The van der Waals surface area contributed by atoms with E-state index in [0.717, 1.165) is 5.92 Å². The van der Waals surface area contributed by atoms with Crippen LogP contribution in [-0.4, -0.2) is 23.8 Å². The number of piperidine rings is 1. The van der Waals surface area contributed by atoms with Crippen LogP contribution in [0, 0.1) is 5.92 Å². The second-order valence-electron chi connectivity index (χ2n) is 6.74. The van der Waals surface area contributed by atoms with Gasteiger partial charge >= 0.3 is 0 Å². The highest BCUT2D eigenvalue weighted by Gasteiger charge is 2.29. The number of rotatable bonds is 4. The lowest BCUT2D eigenvalue weighted by atomic mass is 9.97. The number of amidine groups is 1. The Morgan fingerprint density at radius 2 is 2.10 bits per heavy atom. The van der Waals surface area contributed by atoms with Gasteiger partial charge in [0.15, 0.2) is 0 Å². The molecule has 1 fully saturated rings. The van der Waals surface area contributed by atoms with Gasteiger partial charge in [-0.2, -0.15) is 0 Å². The van der Waals surface area contributed by atoms with Crippen molar-refractivity contribution >= 4 is 5.84 Å². The first kappa shape index (κ1) is 14.6.